The van der Waals surface area contributed by atoms with E-state index in [-0.39, 0.29) is 0 Å². The maximum absolute atomic E-state index is 7.25. The van der Waals surface area contributed by atoms with E-state index in [1.54, 1.807) is 0 Å². The average molecular weight is 916 g/mol. The van der Waals surface area contributed by atoms with Crippen LogP contribution in [0.3, 0.4) is 0 Å². The molecule has 0 aromatic heterocycles. The van der Waals surface area contributed by atoms with Gasteiger partial charge in [-0.05, 0) is 114 Å². The summed E-state index contributed by atoms with van der Waals surface area (Å²) in [6.45, 7) is 0. The Balaban J connectivity index is 0.915. The molecule has 1 aliphatic heterocycles. The predicted molar refractivity (Wildman–Crippen MR) is 296 cm³/mol. The van der Waals surface area contributed by atoms with E-state index >= 15 is 0 Å². The van der Waals surface area contributed by atoms with E-state index in [1.165, 1.54) is 72.3 Å². The molecule has 3 aliphatic rings. The summed E-state index contributed by atoms with van der Waals surface area (Å²) in [6, 6.07) is 101. The first kappa shape index (κ1) is 40.6. The van der Waals surface area contributed by atoms with Crippen molar-refractivity contribution >= 4 is 38.6 Å². The third-order valence-electron chi connectivity index (χ3n) is 16.0. The Morgan fingerprint density at radius 1 is 0.278 bits per heavy atom. The van der Waals surface area contributed by atoms with Gasteiger partial charge in [0, 0.05) is 39.0 Å². The van der Waals surface area contributed by atoms with Gasteiger partial charge in [-0.1, -0.05) is 237 Å². The molecule has 0 amide bonds. The van der Waals surface area contributed by atoms with Crippen LogP contribution < -0.4 is 9.64 Å². The third-order valence-corrected chi connectivity index (χ3v) is 16.0. The van der Waals surface area contributed by atoms with E-state index in [2.05, 4.69) is 278 Å². The molecule has 72 heavy (non-hydrogen) atoms. The first-order valence-electron chi connectivity index (χ1n) is 25.0. The summed E-state index contributed by atoms with van der Waals surface area (Å²) in [7, 11) is 0. The molecule has 0 atom stereocenters. The van der Waals surface area contributed by atoms with Crippen molar-refractivity contribution in [3.05, 3.63) is 317 Å². The molecule has 2 nitrogen and oxygen atoms in total. The van der Waals surface area contributed by atoms with Crippen LogP contribution >= 0.6 is 0 Å². The zero-order valence-electron chi connectivity index (χ0n) is 39.3. The SMILES string of the molecule is c1ccc(N(c2ccc(C3(c4ccccc4)c4ccccc4-c4ccccc43)cc2)c2cccc(-c3cccc4c3-c3ccccc3C43c4ccc5ccccc5c4Oc4c3ccc3ccccc43)c2)cc1. The fourth-order valence-electron chi connectivity index (χ4n) is 13.1. The van der Waals surface area contributed by atoms with Gasteiger partial charge in [0.1, 0.15) is 11.5 Å². The topological polar surface area (TPSA) is 12.5 Å². The van der Waals surface area contributed by atoms with E-state index in [4.69, 9.17) is 4.74 Å². The highest BCUT2D eigenvalue weighted by molar-refractivity contribution is 6.02. The number of fused-ring (bicyclic) bond motifs is 16. The molecule has 0 bridgehead atoms. The Morgan fingerprint density at radius 3 is 1.38 bits per heavy atom. The Kier molecular flexibility index (Phi) is 8.82. The molecule has 1 heterocycles. The zero-order chi connectivity index (χ0) is 47.4. The molecule has 2 heteroatoms. The molecule has 0 radical (unpaired) electrons. The molecule has 12 aromatic carbocycles. The normalized spacial score (nSPS) is 13.9. The van der Waals surface area contributed by atoms with Gasteiger partial charge < -0.3 is 9.64 Å². The van der Waals surface area contributed by atoms with Crippen molar-refractivity contribution in [2.45, 2.75) is 10.8 Å². The highest BCUT2D eigenvalue weighted by Crippen LogP contribution is 2.65. The molecule has 336 valence electrons. The number of nitrogens with zero attached hydrogens (tertiary/aromatic N) is 1. The van der Waals surface area contributed by atoms with Crippen molar-refractivity contribution in [3.63, 3.8) is 0 Å². The summed E-state index contributed by atoms with van der Waals surface area (Å²) in [5.41, 5.74) is 19.6. The predicted octanol–water partition coefficient (Wildman–Crippen LogP) is 18.0. The number of hydrogen-bond donors (Lipinski definition) is 0. The Hall–Kier alpha value is -9.24. The minimum Gasteiger partial charge on any atom is -0.455 e. The van der Waals surface area contributed by atoms with E-state index in [0.29, 0.717) is 0 Å². The van der Waals surface area contributed by atoms with Gasteiger partial charge in [0.2, 0.25) is 0 Å². The Morgan fingerprint density at radius 2 is 0.736 bits per heavy atom. The summed E-state index contributed by atoms with van der Waals surface area (Å²) >= 11 is 0. The molecule has 2 aliphatic carbocycles. The molecule has 0 unspecified atom stereocenters. The van der Waals surface area contributed by atoms with Gasteiger partial charge in [-0.25, -0.2) is 0 Å². The maximum atomic E-state index is 7.25. The van der Waals surface area contributed by atoms with Crippen molar-refractivity contribution in [3.8, 4) is 44.9 Å². The van der Waals surface area contributed by atoms with Crippen molar-refractivity contribution < 1.29 is 4.74 Å². The van der Waals surface area contributed by atoms with E-state index < -0.39 is 10.8 Å². The van der Waals surface area contributed by atoms with Gasteiger partial charge in [0.05, 0.1) is 10.8 Å². The summed E-state index contributed by atoms with van der Waals surface area (Å²) in [4.78, 5) is 2.40. The standard InChI is InChI=1S/C70H45NO/c1-3-22-49(23-4-1)69(60-33-14-11-29-57(60)58-30-12-15-34-61(58)69)50-39-41-52(42-40-50)71(51-24-5-2-6-25-51)53-26-17-21-48(45-53)54-32-18-36-63-66(54)59-31-13-16-35-62(59)70(63)64-43-37-46-19-7-9-27-55(46)67(64)72-68-56-28-10-8-20-47(56)38-44-65(68)70/h1-45H. The molecular formula is C70H45NO. The lowest BCUT2D eigenvalue weighted by Crippen LogP contribution is -2.32. The lowest BCUT2D eigenvalue weighted by Gasteiger charge is -2.40. The number of rotatable bonds is 6. The van der Waals surface area contributed by atoms with Crippen molar-refractivity contribution in [2.75, 3.05) is 4.90 Å². The van der Waals surface area contributed by atoms with E-state index in [1.807, 2.05) is 0 Å². The van der Waals surface area contributed by atoms with Gasteiger partial charge >= 0.3 is 0 Å². The van der Waals surface area contributed by atoms with Crippen LogP contribution in [0.2, 0.25) is 0 Å². The summed E-state index contributed by atoms with van der Waals surface area (Å²) in [5.74, 6) is 1.85. The number of para-hydroxylation sites is 1. The first-order valence-corrected chi connectivity index (χ1v) is 25.0. The number of benzene rings is 12. The van der Waals surface area contributed by atoms with Crippen LogP contribution in [0, 0.1) is 0 Å². The second-order valence-corrected chi connectivity index (χ2v) is 19.4. The second kappa shape index (κ2) is 15.6. The Labute approximate surface area is 419 Å². The molecule has 12 aromatic rings. The summed E-state index contributed by atoms with van der Waals surface area (Å²) in [6.07, 6.45) is 0. The van der Waals surface area contributed by atoms with Gasteiger partial charge in [0.25, 0.3) is 0 Å². The van der Waals surface area contributed by atoms with Crippen molar-refractivity contribution in [1.82, 2.24) is 0 Å². The van der Waals surface area contributed by atoms with E-state index in [9.17, 15) is 0 Å². The lowest BCUT2D eigenvalue weighted by atomic mass is 9.65. The highest BCUT2D eigenvalue weighted by Gasteiger charge is 2.52. The third kappa shape index (κ3) is 5.55. The molecule has 0 fully saturated rings. The van der Waals surface area contributed by atoms with Gasteiger partial charge in [-0.3, -0.25) is 0 Å². The van der Waals surface area contributed by atoms with Crippen LogP contribution in [0.15, 0.2) is 273 Å². The van der Waals surface area contributed by atoms with Gasteiger partial charge in [-0.15, -0.1) is 0 Å². The van der Waals surface area contributed by atoms with Gasteiger partial charge in [-0.2, -0.15) is 0 Å². The second-order valence-electron chi connectivity index (χ2n) is 19.4. The largest absolute Gasteiger partial charge is 0.455 e. The van der Waals surface area contributed by atoms with Gasteiger partial charge in [0.15, 0.2) is 0 Å². The number of ether oxygens (including phenoxy) is 1. The molecule has 0 saturated carbocycles. The molecule has 1 spiro atoms. The smallest absolute Gasteiger partial charge is 0.140 e. The molecular weight excluding hydrogens is 871 g/mol. The monoisotopic (exact) mass is 915 g/mol. The average Bonchev–Trinajstić information content (AvgIpc) is 3.93. The van der Waals surface area contributed by atoms with Crippen LogP contribution in [0.4, 0.5) is 17.1 Å². The van der Waals surface area contributed by atoms with Crippen LogP contribution in [0.25, 0.3) is 54.9 Å². The van der Waals surface area contributed by atoms with Crippen LogP contribution in [0.5, 0.6) is 11.5 Å². The minimum absolute atomic E-state index is 0.475. The molecule has 0 saturated heterocycles. The Bertz CT molecular complexity index is 4000. The zero-order valence-corrected chi connectivity index (χ0v) is 39.3. The van der Waals surface area contributed by atoms with Crippen LogP contribution in [0.1, 0.15) is 44.5 Å². The number of anilines is 3. The molecule has 15 rings (SSSR count). The van der Waals surface area contributed by atoms with E-state index in [0.717, 1.165) is 55.7 Å². The van der Waals surface area contributed by atoms with Crippen LogP contribution in [-0.4, -0.2) is 0 Å². The highest BCUT2D eigenvalue weighted by atomic mass is 16.5. The van der Waals surface area contributed by atoms with Crippen molar-refractivity contribution in [1.29, 1.82) is 0 Å². The minimum atomic E-state index is -0.633. The first-order chi connectivity index (χ1) is 35.7. The maximum Gasteiger partial charge on any atom is 0.140 e. The fourth-order valence-corrected chi connectivity index (χ4v) is 13.1. The lowest BCUT2D eigenvalue weighted by molar-refractivity contribution is 0.447. The quantitative estimate of drug-likeness (QED) is 0.165. The molecule has 0 N–H and O–H groups in total. The summed E-state index contributed by atoms with van der Waals surface area (Å²) in [5, 5.41) is 4.55. The van der Waals surface area contributed by atoms with Crippen LogP contribution in [-0.2, 0) is 10.8 Å². The number of hydrogen-bond acceptors (Lipinski definition) is 2. The summed E-state index contributed by atoms with van der Waals surface area (Å²) < 4.78 is 7.25. The fraction of sp³-hybridized carbons (Fsp3) is 0.0286. The van der Waals surface area contributed by atoms with Crippen molar-refractivity contribution in [2.24, 2.45) is 0 Å².